The largest absolute Gasteiger partial charge is 0.439 e. The van der Waals surface area contributed by atoms with Gasteiger partial charge < -0.3 is 15.8 Å². The van der Waals surface area contributed by atoms with E-state index in [9.17, 15) is 4.39 Å². The number of nitrogens with one attached hydrogen (secondary N) is 1. The van der Waals surface area contributed by atoms with Crippen LogP contribution in [0.4, 0.5) is 4.39 Å². The molecule has 0 amide bonds. The Morgan fingerprint density at radius 3 is 2.63 bits per heavy atom. The lowest BCUT2D eigenvalue weighted by molar-refractivity contribution is 0.457. The summed E-state index contributed by atoms with van der Waals surface area (Å²) in [4.78, 5) is 8.63. The summed E-state index contributed by atoms with van der Waals surface area (Å²) >= 11 is 0. The molecule has 0 radical (unpaired) electrons. The topological polar surface area (TPSA) is 72.5 Å². The molecule has 27 heavy (non-hydrogen) atoms. The molecule has 1 saturated carbocycles. The van der Waals surface area contributed by atoms with Crippen LogP contribution in [0.1, 0.15) is 44.1 Å². The van der Waals surface area contributed by atoms with Crippen molar-refractivity contribution in [1.29, 1.82) is 0 Å². The predicted octanol–water partition coefficient (Wildman–Crippen LogP) is 4.76. The molecule has 0 unspecified atom stereocenters. The minimum atomic E-state index is -0.342. The molecular weight excluding hydrogens is 458 g/mol. The molecule has 0 spiro atoms. The van der Waals surface area contributed by atoms with Gasteiger partial charge in [0, 0.05) is 24.4 Å². The number of guanidine groups is 1. The Morgan fingerprint density at radius 2 is 1.96 bits per heavy atom. The summed E-state index contributed by atoms with van der Waals surface area (Å²) in [6.07, 6.45) is 9.13. The standard InChI is InChI=1S/C20H25FN4O.HI/c21-16-6-5-9-18(12-16)26-19-11-10-15(13-23-19)14-24-20(22)25-17-7-3-1-2-4-8-17;/h5-6,9-13,17H,1-4,7-8,14H2,(H3,22,24,25);1H. The summed E-state index contributed by atoms with van der Waals surface area (Å²) in [5.74, 6) is 0.968. The zero-order chi connectivity index (χ0) is 18.2. The van der Waals surface area contributed by atoms with Crippen LogP contribution in [0.3, 0.4) is 0 Å². The van der Waals surface area contributed by atoms with Crippen LogP contribution in [0.15, 0.2) is 47.6 Å². The average molecular weight is 484 g/mol. The first kappa shape index (κ1) is 21.4. The Hall–Kier alpha value is -1.90. The van der Waals surface area contributed by atoms with Crippen molar-refractivity contribution < 1.29 is 9.13 Å². The Balaban J connectivity index is 0.00000261. The molecule has 1 aliphatic rings. The van der Waals surface area contributed by atoms with Crippen LogP contribution < -0.4 is 15.8 Å². The lowest BCUT2D eigenvalue weighted by Gasteiger charge is -2.16. The quantitative estimate of drug-likeness (QED) is 0.278. The van der Waals surface area contributed by atoms with Crippen molar-refractivity contribution in [1.82, 2.24) is 10.3 Å². The Kier molecular flexibility index (Phi) is 8.77. The molecule has 3 N–H and O–H groups in total. The SMILES string of the molecule is I.NC(=NCc1ccc(Oc2cccc(F)c2)nc1)NC1CCCCCC1. The van der Waals surface area contributed by atoms with Gasteiger partial charge >= 0.3 is 0 Å². The zero-order valence-electron chi connectivity index (χ0n) is 15.2. The second kappa shape index (κ2) is 11.1. The van der Waals surface area contributed by atoms with Crippen molar-refractivity contribution in [2.75, 3.05) is 0 Å². The van der Waals surface area contributed by atoms with Gasteiger partial charge in [-0.25, -0.2) is 14.4 Å². The molecule has 5 nitrogen and oxygen atoms in total. The van der Waals surface area contributed by atoms with E-state index < -0.39 is 0 Å². The van der Waals surface area contributed by atoms with Gasteiger partial charge in [0.15, 0.2) is 5.96 Å². The number of nitrogens with zero attached hydrogens (tertiary/aromatic N) is 2. The van der Waals surface area contributed by atoms with E-state index in [4.69, 9.17) is 10.5 Å². The second-order valence-electron chi connectivity index (χ2n) is 6.60. The molecule has 2 aromatic rings. The van der Waals surface area contributed by atoms with Gasteiger partial charge in [-0.15, -0.1) is 24.0 Å². The summed E-state index contributed by atoms with van der Waals surface area (Å²) in [6.45, 7) is 0.457. The van der Waals surface area contributed by atoms with Gasteiger partial charge in [-0.3, -0.25) is 0 Å². The number of hydrogen-bond donors (Lipinski definition) is 2. The van der Waals surface area contributed by atoms with Gasteiger partial charge in [0.1, 0.15) is 11.6 Å². The molecule has 0 atom stereocenters. The molecule has 1 aromatic heterocycles. The lowest BCUT2D eigenvalue weighted by Crippen LogP contribution is -2.39. The zero-order valence-corrected chi connectivity index (χ0v) is 17.6. The smallest absolute Gasteiger partial charge is 0.219 e. The molecule has 146 valence electrons. The Bertz CT molecular complexity index is 731. The average Bonchev–Trinajstić information content (AvgIpc) is 2.90. The van der Waals surface area contributed by atoms with E-state index in [1.807, 2.05) is 6.07 Å². The molecule has 1 aromatic carbocycles. The number of aliphatic imine (C=N–C) groups is 1. The molecule has 0 saturated heterocycles. The van der Waals surface area contributed by atoms with E-state index in [-0.39, 0.29) is 29.8 Å². The van der Waals surface area contributed by atoms with Crippen molar-refractivity contribution in [3.63, 3.8) is 0 Å². The maximum absolute atomic E-state index is 13.2. The number of hydrogen-bond acceptors (Lipinski definition) is 3. The highest BCUT2D eigenvalue weighted by atomic mass is 127. The van der Waals surface area contributed by atoms with E-state index in [0.717, 1.165) is 18.4 Å². The molecule has 0 aliphatic heterocycles. The normalized spacial score (nSPS) is 15.5. The van der Waals surface area contributed by atoms with E-state index >= 15 is 0 Å². The first-order valence-electron chi connectivity index (χ1n) is 9.14. The summed E-state index contributed by atoms with van der Waals surface area (Å²) in [6, 6.07) is 10.0. The van der Waals surface area contributed by atoms with Gasteiger partial charge in [-0.05, 0) is 30.5 Å². The van der Waals surface area contributed by atoms with Crippen molar-refractivity contribution in [2.24, 2.45) is 10.7 Å². The molecule has 7 heteroatoms. The number of benzene rings is 1. The van der Waals surface area contributed by atoms with Crippen molar-refractivity contribution >= 4 is 29.9 Å². The summed E-state index contributed by atoms with van der Waals surface area (Å²) < 4.78 is 18.7. The molecule has 3 rings (SSSR count). The number of nitrogens with two attached hydrogens (primary N) is 1. The molecule has 1 aliphatic carbocycles. The number of halogens is 2. The third-order valence-electron chi connectivity index (χ3n) is 4.46. The molecular formula is C20H26FIN4O. The van der Waals surface area contributed by atoms with Crippen molar-refractivity contribution in [3.8, 4) is 11.6 Å². The minimum Gasteiger partial charge on any atom is -0.439 e. The predicted molar refractivity (Wildman–Crippen MR) is 116 cm³/mol. The number of rotatable bonds is 5. The van der Waals surface area contributed by atoms with Gasteiger partial charge in [0.25, 0.3) is 0 Å². The van der Waals surface area contributed by atoms with Crippen LogP contribution >= 0.6 is 24.0 Å². The monoisotopic (exact) mass is 484 g/mol. The van der Waals surface area contributed by atoms with Crippen LogP contribution in [0.25, 0.3) is 0 Å². The fourth-order valence-corrected chi connectivity index (χ4v) is 3.07. The highest BCUT2D eigenvalue weighted by Gasteiger charge is 2.12. The first-order valence-corrected chi connectivity index (χ1v) is 9.14. The molecule has 1 heterocycles. The third kappa shape index (κ3) is 7.32. The van der Waals surface area contributed by atoms with E-state index in [2.05, 4.69) is 15.3 Å². The van der Waals surface area contributed by atoms with Crippen molar-refractivity contribution in [2.45, 2.75) is 51.1 Å². The van der Waals surface area contributed by atoms with Crippen LogP contribution in [0.2, 0.25) is 0 Å². The fourth-order valence-electron chi connectivity index (χ4n) is 3.07. The summed E-state index contributed by atoms with van der Waals surface area (Å²) in [5, 5.41) is 3.33. The third-order valence-corrected chi connectivity index (χ3v) is 4.46. The van der Waals surface area contributed by atoms with E-state index in [1.54, 1.807) is 24.4 Å². The first-order chi connectivity index (χ1) is 12.7. The number of pyridine rings is 1. The van der Waals surface area contributed by atoms with Gasteiger partial charge in [-0.1, -0.05) is 37.8 Å². The minimum absolute atomic E-state index is 0. The summed E-state index contributed by atoms with van der Waals surface area (Å²) in [5.41, 5.74) is 6.94. The fraction of sp³-hybridized carbons (Fsp3) is 0.400. The molecule has 0 bridgehead atoms. The Labute approximate surface area is 176 Å². The van der Waals surface area contributed by atoms with Gasteiger partial charge in [0.2, 0.25) is 5.88 Å². The maximum Gasteiger partial charge on any atom is 0.219 e. The number of aromatic nitrogens is 1. The Morgan fingerprint density at radius 1 is 1.19 bits per heavy atom. The lowest BCUT2D eigenvalue weighted by atomic mass is 10.1. The molecule has 1 fully saturated rings. The summed E-state index contributed by atoms with van der Waals surface area (Å²) in [7, 11) is 0. The van der Waals surface area contributed by atoms with Crippen LogP contribution in [-0.2, 0) is 6.54 Å². The maximum atomic E-state index is 13.2. The van der Waals surface area contributed by atoms with Gasteiger partial charge in [0.05, 0.1) is 6.54 Å². The van der Waals surface area contributed by atoms with Gasteiger partial charge in [-0.2, -0.15) is 0 Å². The number of ether oxygens (including phenoxy) is 1. The van der Waals surface area contributed by atoms with Crippen LogP contribution in [0, 0.1) is 5.82 Å². The van der Waals surface area contributed by atoms with Crippen molar-refractivity contribution in [3.05, 3.63) is 54.0 Å². The van der Waals surface area contributed by atoms with E-state index in [1.165, 1.54) is 37.8 Å². The van der Waals surface area contributed by atoms with E-state index in [0.29, 0.717) is 30.2 Å². The van der Waals surface area contributed by atoms with Crippen LogP contribution in [0.5, 0.6) is 11.6 Å². The highest BCUT2D eigenvalue weighted by Crippen LogP contribution is 2.20. The highest BCUT2D eigenvalue weighted by molar-refractivity contribution is 14.0. The van der Waals surface area contributed by atoms with Crippen LogP contribution in [-0.4, -0.2) is 17.0 Å². The second-order valence-corrected chi connectivity index (χ2v) is 6.60.